The van der Waals surface area contributed by atoms with Crippen molar-refractivity contribution in [2.45, 2.75) is 6.18 Å². The van der Waals surface area contributed by atoms with Crippen LogP contribution in [0.3, 0.4) is 0 Å². The van der Waals surface area contributed by atoms with Gasteiger partial charge in [0.25, 0.3) is 5.84 Å². The van der Waals surface area contributed by atoms with Crippen LogP contribution in [0.4, 0.5) is 29.3 Å². The summed E-state index contributed by atoms with van der Waals surface area (Å²) in [5.74, 6) is 0.395. The van der Waals surface area contributed by atoms with Crippen LogP contribution in [0.1, 0.15) is 11.1 Å². The van der Waals surface area contributed by atoms with Crippen molar-refractivity contribution in [3.63, 3.8) is 0 Å². The molecule has 0 aromatic heterocycles. The summed E-state index contributed by atoms with van der Waals surface area (Å²) >= 11 is 6.07. The molecule has 7 nitrogen and oxygen atoms in total. The first-order chi connectivity index (χ1) is 15.3. The molecule has 0 saturated carbocycles. The average molecular weight is 460 g/mol. The molecule has 1 aliphatic heterocycles. The molecular formula is C21H15ClF3N6O+. The van der Waals surface area contributed by atoms with Gasteiger partial charge in [0.05, 0.1) is 32.7 Å². The van der Waals surface area contributed by atoms with Gasteiger partial charge in [-0.05, 0) is 47.5 Å². The Balaban J connectivity index is 1.62. The van der Waals surface area contributed by atoms with Gasteiger partial charge in [-0.15, -0.1) is 5.43 Å². The summed E-state index contributed by atoms with van der Waals surface area (Å²) < 4.78 is 38.6. The molecule has 0 atom stereocenters. The fourth-order valence-electron chi connectivity index (χ4n) is 3.04. The monoisotopic (exact) mass is 459 g/mol. The van der Waals surface area contributed by atoms with Crippen molar-refractivity contribution < 1.29 is 23.4 Å². The highest BCUT2D eigenvalue weighted by Crippen LogP contribution is 2.32. The number of urea groups is 1. The number of anilines is 2. The lowest BCUT2D eigenvalue weighted by Gasteiger charge is -2.13. The van der Waals surface area contributed by atoms with Gasteiger partial charge in [0, 0.05) is 5.22 Å². The van der Waals surface area contributed by atoms with Crippen molar-refractivity contribution in [1.82, 2.24) is 0 Å². The quantitative estimate of drug-likeness (QED) is 0.455. The highest BCUT2D eigenvalue weighted by molar-refractivity contribution is 6.33. The molecule has 1 aliphatic rings. The second-order valence-electron chi connectivity index (χ2n) is 6.71. The number of rotatable bonds is 4. The van der Waals surface area contributed by atoms with Gasteiger partial charge in [0.1, 0.15) is 0 Å². The zero-order valence-corrected chi connectivity index (χ0v) is 16.9. The van der Waals surface area contributed by atoms with Crippen LogP contribution in [-0.2, 0) is 6.18 Å². The van der Waals surface area contributed by atoms with Gasteiger partial charge in [-0.3, -0.25) is 0 Å². The zero-order chi connectivity index (χ0) is 22.7. The maximum absolute atomic E-state index is 12.9. The highest BCUT2D eigenvalue weighted by Gasteiger charge is 2.30. The first-order valence-corrected chi connectivity index (χ1v) is 9.65. The number of carbonyl (C=O) groups excluding carboxylic acids is 1. The fourth-order valence-corrected chi connectivity index (χ4v) is 3.22. The van der Waals surface area contributed by atoms with Gasteiger partial charge in [-0.2, -0.15) is 13.2 Å². The molecule has 3 aromatic carbocycles. The molecule has 32 heavy (non-hydrogen) atoms. The lowest BCUT2D eigenvalue weighted by atomic mass is 10.00. The second-order valence-corrected chi connectivity index (χ2v) is 7.12. The Bertz CT molecular complexity index is 1220. The fraction of sp³-hybridized carbons (Fsp3) is 0.0476. The highest BCUT2D eigenvalue weighted by atomic mass is 35.5. The third kappa shape index (κ3) is 4.76. The van der Waals surface area contributed by atoms with Crippen molar-refractivity contribution >= 4 is 34.8 Å². The van der Waals surface area contributed by atoms with Crippen LogP contribution < -0.4 is 16.1 Å². The van der Waals surface area contributed by atoms with Crippen LogP contribution in [-0.4, -0.2) is 11.9 Å². The molecular weight excluding hydrogens is 445 g/mol. The molecule has 1 heterocycles. The lowest BCUT2D eigenvalue weighted by molar-refractivity contribution is -0.546. The van der Waals surface area contributed by atoms with Gasteiger partial charge < -0.3 is 10.6 Å². The predicted octanol–water partition coefficient (Wildman–Crippen LogP) is 5.28. The number of amides is 2. The summed E-state index contributed by atoms with van der Waals surface area (Å²) in [6.45, 7) is 0. The predicted molar refractivity (Wildman–Crippen MR) is 114 cm³/mol. The zero-order valence-electron chi connectivity index (χ0n) is 16.2. The van der Waals surface area contributed by atoms with Gasteiger partial charge in [0.15, 0.2) is 0 Å². The van der Waals surface area contributed by atoms with E-state index in [2.05, 4.69) is 26.2 Å². The lowest BCUT2D eigenvalue weighted by Crippen LogP contribution is -2.80. The Labute approximate surface area is 185 Å². The molecule has 11 heteroatoms. The number of amidine groups is 1. The molecule has 0 spiro atoms. The van der Waals surface area contributed by atoms with E-state index in [1.54, 1.807) is 42.5 Å². The number of halogens is 4. The standard InChI is InChI=1S/C21H14ClF3N6O/c22-16-3-1-2-4-18(16)27-20(32)26-17-10-7-13(11-15(17)19-28-30-31-29-19)12-5-8-14(9-6-12)21(23,24)25/h1-11H,(H2,26,27,32)(H,28,29,30,31)/p+1. The number of hydrogen-bond acceptors (Lipinski definition) is 4. The average Bonchev–Trinajstić information content (AvgIpc) is 3.30. The Morgan fingerprint density at radius 1 is 0.906 bits per heavy atom. The molecule has 0 saturated heterocycles. The molecule has 0 fully saturated rings. The van der Waals surface area contributed by atoms with Crippen LogP contribution in [0.5, 0.6) is 0 Å². The summed E-state index contributed by atoms with van der Waals surface area (Å²) in [6, 6.07) is 16.0. The van der Waals surface area contributed by atoms with E-state index in [1.807, 2.05) is 0 Å². The van der Waals surface area contributed by atoms with Crippen molar-refractivity contribution in [3.05, 3.63) is 82.9 Å². The van der Waals surface area contributed by atoms with E-state index < -0.39 is 17.8 Å². The number of nitrogens with one attached hydrogen (secondary N) is 2. The van der Waals surface area contributed by atoms with Crippen LogP contribution in [0, 0.1) is 0 Å². The molecule has 0 unspecified atom stereocenters. The van der Waals surface area contributed by atoms with Crippen LogP contribution >= 0.6 is 11.6 Å². The minimum absolute atomic E-state index is 0.381. The summed E-state index contributed by atoms with van der Waals surface area (Å²) in [4.78, 5) is 12.5. The Hall–Kier alpha value is -3.76. The molecule has 3 aromatic rings. The van der Waals surface area contributed by atoms with Crippen LogP contribution in [0.15, 0.2) is 82.3 Å². The van der Waals surface area contributed by atoms with Crippen molar-refractivity contribution in [2.24, 2.45) is 15.5 Å². The summed E-state index contributed by atoms with van der Waals surface area (Å²) in [6.07, 6.45) is -4.41. The van der Waals surface area contributed by atoms with Gasteiger partial charge in [-0.1, -0.05) is 47.0 Å². The summed E-state index contributed by atoms with van der Waals surface area (Å²) in [5.41, 5.74) is 3.23. The van der Waals surface area contributed by atoms with E-state index in [1.165, 1.54) is 17.6 Å². The van der Waals surface area contributed by atoms with Gasteiger partial charge in [-0.25, -0.2) is 4.79 Å². The molecule has 162 valence electrons. The van der Waals surface area contributed by atoms with Crippen LogP contribution in [0.2, 0.25) is 5.02 Å². The normalized spacial score (nSPS) is 13.1. The maximum atomic E-state index is 12.9. The largest absolute Gasteiger partial charge is 0.416 e. The van der Waals surface area contributed by atoms with E-state index in [0.29, 0.717) is 38.9 Å². The first kappa shape index (κ1) is 21.5. The minimum atomic E-state index is -4.41. The maximum Gasteiger partial charge on any atom is 0.416 e. The number of benzene rings is 3. The number of carbonyl (C=O) groups is 1. The van der Waals surface area contributed by atoms with Crippen molar-refractivity contribution in [1.29, 1.82) is 0 Å². The summed E-state index contributed by atoms with van der Waals surface area (Å²) in [5, 5.41) is 17.0. The summed E-state index contributed by atoms with van der Waals surface area (Å²) in [7, 11) is 0. The molecule has 0 bridgehead atoms. The number of nitrogens with zero attached hydrogens (tertiary/aromatic N) is 3. The molecule has 0 aliphatic carbocycles. The van der Waals surface area contributed by atoms with Gasteiger partial charge >= 0.3 is 12.2 Å². The third-order valence-corrected chi connectivity index (χ3v) is 4.93. The third-order valence-electron chi connectivity index (χ3n) is 4.60. The van der Waals surface area contributed by atoms with E-state index in [-0.39, 0.29) is 0 Å². The first-order valence-electron chi connectivity index (χ1n) is 9.27. The smallest absolute Gasteiger partial charge is 0.307 e. The Morgan fingerprint density at radius 2 is 1.59 bits per heavy atom. The van der Waals surface area contributed by atoms with Crippen molar-refractivity contribution in [3.8, 4) is 11.1 Å². The SMILES string of the molecule is O=C(Nc1ccccc1Cl)Nc1ccc(-c2ccc(C(F)(F)F)cc2)cc1C1=NN=N[NH2+]1. The Kier molecular flexibility index (Phi) is 5.89. The number of nitrogens with two attached hydrogens (primary N) is 1. The topological polar surface area (TPSA) is 94.8 Å². The van der Waals surface area contributed by atoms with E-state index >= 15 is 0 Å². The molecule has 0 radical (unpaired) electrons. The van der Waals surface area contributed by atoms with Gasteiger partial charge in [0.2, 0.25) is 0 Å². The Morgan fingerprint density at radius 3 is 2.25 bits per heavy atom. The minimum Gasteiger partial charge on any atom is -0.307 e. The number of para-hydroxylation sites is 1. The molecule has 4 rings (SSSR count). The number of quaternary nitrogens is 1. The number of alkyl halides is 3. The molecule has 4 N–H and O–H groups in total. The van der Waals surface area contributed by atoms with E-state index in [4.69, 9.17) is 11.6 Å². The van der Waals surface area contributed by atoms with E-state index in [9.17, 15) is 18.0 Å². The van der Waals surface area contributed by atoms with Crippen LogP contribution in [0.25, 0.3) is 11.1 Å². The number of hydrogen-bond donors (Lipinski definition) is 3. The van der Waals surface area contributed by atoms with Crippen molar-refractivity contribution in [2.75, 3.05) is 10.6 Å². The van der Waals surface area contributed by atoms with E-state index in [0.717, 1.165) is 12.1 Å². The molecule has 2 amide bonds. The second kappa shape index (κ2) is 8.77.